The topological polar surface area (TPSA) is 41.1 Å². The third-order valence-corrected chi connectivity index (χ3v) is 15.0. The van der Waals surface area contributed by atoms with Gasteiger partial charge in [-0.3, -0.25) is 0 Å². The van der Waals surface area contributed by atoms with Crippen molar-refractivity contribution in [3.63, 3.8) is 0 Å². The highest BCUT2D eigenvalue weighted by molar-refractivity contribution is 6.15. The van der Waals surface area contributed by atoms with Gasteiger partial charge in [0.15, 0.2) is 0 Å². The molecule has 330 valence electrons. The van der Waals surface area contributed by atoms with Crippen LogP contribution < -0.4 is 0 Å². The van der Waals surface area contributed by atoms with Gasteiger partial charge in [0.1, 0.15) is 22.3 Å². The fourth-order valence-corrected chi connectivity index (χ4v) is 11.8. The van der Waals surface area contributed by atoms with Gasteiger partial charge in [-0.25, -0.2) is 0 Å². The highest BCUT2D eigenvalue weighted by Gasteiger charge is 2.20. The Labute approximate surface area is 405 Å². The van der Waals surface area contributed by atoms with Crippen LogP contribution in [0.15, 0.2) is 245 Å². The fraction of sp³-hybridized carbons (Fsp3) is 0. The molecule has 0 aliphatic heterocycles. The van der Waals surface area contributed by atoms with Gasteiger partial charge in [0, 0.05) is 70.9 Å². The zero-order valence-electron chi connectivity index (χ0n) is 38.2. The van der Waals surface area contributed by atoms with Gasteiger partial charge in [0.2, 0.25) is 0 Å². The minimum Gasteiger partial charge on any atom is -0.456 e. The average molecular weight is 906 g/mol. The first-order valence-corrected chi connectivity index (χ1v) is 24.2. The molecule has 5 nitrogen and oxygen atoms in total. The third kappa shape index (κ3) is 5.57. The first-order chi connectivity index (χ1) is 35.2. The van der Waals surface area contributed by atoms with E-state index >= 15 is 0 Å². The van der Waals surface area contributed by atoms with E-state index < -0.39 is 0 Å². The van der Waals surface area contributed by atoms with Crippen LogP contribution in [-0.2, 0) is 0 Å². The van der Waals surface area contributed by atoms with E-state index in [4.69, 9.17) is 8.83 Å². The van der Waals surface area contributed by atoms with E-state index in [2.05, 4.69) is 226 Å². The number of fused-ring (bicyclic) bond motifs is 15. The standard InChI is InChI=1S/C66H39N3O2/c1-2-12-44(13-3-1)67-59-31-25-40(41-22-28-49-47-14-4-8-18-57(47)68(60(49)35-41)45-26-32-65-55(38-45)52-16-6-10-20-63(52)70-65)34-54(59)51-30-24-43(37-62(51)67)42-23-29-50-48-15-5-9-19-58(48)69(61(50)36-42)46-27-33-66-56(39-46)53-17-7-11-21-64(53)71-66/h1-39H. The number of hydrogen-bond donors (Lipinski definition) is 0. The van der Waals surface area contributed by atoms with Gasteiger partial charge in [-0.2, -0.15) is 0 Å². The number of furan rings is 2. The van der Waals surface area contributed by atoms with Crippen LogP contribution in [0.2, 0.25) is 0 Å². The van der Waals surface area contributed by atoms with Crippen LogP contribution in [0.5, 0.6) is 0 Å². The minimum absolute atomic E-state index is 0.893. The highest BCUT2D eigenvalue weighted by atomic mass is 16.3. The molecule has 0 unspecified atom stereocenters. The summed E-state index contributed by atoms with van der Waals surface area (Å²) in [6, 6.07) is 85.9. The molecule has 0 aliphatic rings. The molecule has 16 aromatic rings. The van der Waals surface area contributed by atoms with Crippen molar-refractivity contribution in [2.24, 2.45) is 0 Å². The molecule has 0 aliphatic carbocycles. The van der Waals surface area contributed by atoms with E-state index in [-0.39, 0.29) is 0 Å². The smallest absolute Gasteiger partial charge is 0.135 e. The summed E-state index contributed by atoms with van der Waals surface area (Å²) >= 11 is 0. The van der Waals surface area contributed by atoms with Crippen LogP contribution in [0.1, 0.15) is 0 Å². The summed E-state index contributed by atoms with van der Waals surface area (Å²) in [6.45, 7) is 0. The van der Waals surface area contributed by atoms with Crippen LogP contribution in [0.4, 0.5) is 0 Å². The molecule has 0 bridgehead atoms. The lowest BCUT2D eigenvalue weighted by Gasteiger charge is -2.11. The lowest BCUT2D eigenvalue weighted by molar-refractivity contribution is 0.668. The van der Waals surface area contributed by atoms with Crippen molar-refractivity contribution < 1.29 is 8.83 Å². The quantitative estimate of drug-likeness (QED) is 0.173. The first-order valence-electron chi connectivity index (χ1n) is 24.2. The van der Waals surface area contributed by atoms with Crippen LogP contribution in [0.25, 0.3) is 149 Å². The molecule has 16 rings (SSSR count). The second kappa shape index (κ2) is 14.5. The molecular formula is C66H39N3O2. The molecule has 0 fully saturated rings. The summed E-state index contributed by atoms with van der Waals surface area (Å²) in [5.74, 6) is 0. The molecule has 0 radical (unpaired) electrons. The van der Waals surface area contributed by atoms with E-state index in [9.17, 15) is 0 Å². The molecule has 0 atom stereocenters. The maximum atomic E-state index is 6.25. The molecule has 0 spiro atoms. The molecule has 5 heteroatoms. The van der Waals surface area contributed by atoms with Crippen LogP contribution in [0.3, 0.4) is 0 Å². The number of nitrogens with zero attached hydrogens (tertiary/aromatic N) is 3. The number of hydrogen-bond acceptors (Lipinski definition) is 2. The van der Waals surface area contributed by atoms with Crippen molar-refractivity contribution >= 4 is 109 Å². The Morgan fingerprint density at radius 3 is 1.08 bits per heavy atom. The first kappa shape index (κ1) is 38.4. The summed E-state index contributed by atoms with van der Waals surface area (Å²) in [6.07, 6.45) is 0. The van der Waals surface area contributed by atoms with E-state index in [1.807, 2.05) is 24.3 Å². The van der Waals surface area contributed by atoms with E-state index in [0.29, 0.717) is 0 Å². The Bertz CT molecular complexity index is 4880. The molecule has 71 heavy (non-hydrogen) atoms. The van der Waals surface area contributed by atoms with Gasteiger partial charge in [-0.1, -0.05) is 133 Å². The Kier molecular flexibility index (Phi) is 7.82. The molecular weight excluding hydrogens is 867 g/mol. The van der Waals surface area contributed by atoms with Crippen LogP contribution in [0, 0.1) is 0 Å². The third-order valence-electron chi connectivity index (χ3n) is 15.0. The number of rotatable bonds is 5. The Balaban J connectivity index is 0.861. The zero-order chi connectivity index (χ0) is 46.3. The second-order valence-corrected chi connectivity index (χ2v) is 18.9. The summed E-state index contributed by atoms with van der Waals surface area (Å²) in [4.78, 5) is 0. The van der Waals surface area contributed by atoms with Gasteiger partial charge in [0.05, 0.1) is 33.1 Å². The maximum Gasteiger partial charge on any atom is 0.135 e. The van der Waals surface area contributed by atoms with Crippen molar-refractivity contribution in [2.45, 2.75) is 0 Å². The Morgan fingerprint density at radius 2 is 0.563 bits per heavy atom. The summed E-state index contributed by atoms with van der Waals surface area (Å²) in [7, 11) is 0. The molecule has 0 saturated heterocycles. The molecule has 0 N–H and O–H groups in total. The van der Waals surface area contributed by atoms with Gasteiger partial charge in [-0.05, 0) is 125 Å². The fourth-order valence-electron chi connectivity index (χ4n) is 11.8. The second-order valence-electron chi connectivity index (χ2n) is 18.9. The number of benzene rings is 11. The molecule has 11 aromatic carbocycles. The van der Waals surface area contributed by atoms with Gasteiger partial charge in [-0.15, -0.1) is 0 Å². The zero-order valence-corrected chi connectivity index (χ0v) is 38.2. The molecule has 5 heterocycles. The lowest BCUT2D eigenvalue weighted by Crippen LogP contribution is -1.94. The number of aromatic nitrogens is 3. The van der Waals surface area contributed by atoms with Crippen molar-refractivity contribution in [3.05, 3.63) is 237 Å². The van der Waals surface area contributed by atoms with Crippen molar-refractivity contribution in [1.29, 1.82) is 0 Å². The maximum absolute atomic E-state index is 6.25. The van der Waals surface area contributed by atoms with Crippen molar-refractivity contribution in [3.8, 4) is 39.3 Å². The lowest BCUT2D eigenvalue weighted by atomic mass is 9.99. The monoisotopic (exact) mass is 905 g/mol. The van der Waals surface area contributed by atoms with Crippen molar-refractivity contribution in [2.75, 3.05) is 0 Å². The SMILES string of the molecule is c1ccc(-n2c3ccc(-c4ccc5c6ccccc6n(-c6ccc7oc8ccccc8c7c6)c5c4)cc3c3ccc(-c4ccc5c6ccccc6n(-c6ccc7oc8ccccc8c7c6)c5c4)cc32)cc1. The van der Waals surface area contributed by atoms with Crippen molar-refractivity contribution in [1.82, 2.24) is 13.7 Å². The van der Waals surface area contributed by atoms with Gasteiger partial charge < -0.3 is 22.5 Å². The Hall–Kier alpha value is -9.58. The summed E-state index contributed by atoms with van der Waals surface area (Å²) in [5.41, 5.74) is 18.6. The largest absolute Gasteiger partial charge is 0.456 e. The average Bonchev–Trinajstić information content (AvgIpc) is 4.24. The summed E-state index contributed by atoms with van der Waals surface area (Å²) in [5, 5.41) is 11.8. The molecule has 5 aromatic heterocycles. The summed E-state index contributed by atoms with van der Waals surface area (Å²) < 4.78 is 19.7. The van der Waals surface area contributed by atoms with Gasteiger partial charge in [0.25, 0.3) is 0 Å². The van der Waals surface area contributed by atoms with Crippen LogP contribution in [-0.4, -0.2) is 13.7 Å². The van der Waals surface area contributed by atoms with Crippen LogP contribution >= 0.6 is 0 Å². The number of para-hydroxylation sites is 5. The molecule has 0 saturated carbocycles. The predicted octanol–water partition coefficient (Wildman–Crippen LogP) is 18.1. The van der Waals surface area contributed by atoms with E-state index in [1.54, 1.807) is 0 Å². The molecule has 0 amide bonds. The normalized spacial score (nSPS) is 12.2. The Morgan fingerprint density at radius 1 is 0.197 bits per heavy atom. The minimum atomic E-state index is 0.893. The highest BCUT2D eigenvalue weighted by Crippen LogP contribution is 2.42. The van der Waals surface area contributed by atoms with E-state index in [0.717, 1.165) is 83.1 Å². The predicted molar refractivity (Wildman–Crippen MR) is 295 cm³/mol. The van der Waals surface area contributed by atoms with Gasteiger partial charge >= 0.3 is 0 Å². The van der Waals surface area contributed by atoms with E-state index in [1.165, 1.54) is 65.5 Å².